The SMILES string of the molecule is C[PH+](C(F)(F)C(F)(F)F)C(F)(F)C(F)(F)F.C[PH+](C(F)(F)C(F)(F)F)C(F)(F)C(F)(F)F.OC(O)C(F)(F)F.OC(O)C(F)(F)F.[CH3-].[CH3-].[Pt].[Pt]. The summed E-state index contributed by atoms with van der Waals surface area (Å²) in [7, 11) is -10.7. The fourth-order valence-electron chi connectivity index (χ4n) is 1.24. The molecule has 0 fully saturated rings. The Kier molecular flexibility index (Phi) is 30.0. The van der Waals surface area contributed by atoms with Gasteiger partial charge in [-0.15, -0.1) is 0 Å². The molecule has 0 amide bonds. The van der Waals surface area contributed by atoms with Crippen LogP contribution in [0.1, 0.15) is 0 Å². The fraction of sp³-hybridized carbons (Fsp3) is 0.875. The fourth-order valence-corrected chi connectivity index (χ4v) is 3.73. The molecule has 4 N–H and O–H groups in total. The van der Waals surface area contributed by atoms with Crippen molar-refractivity contribution in [3.05, 3.63) is 14.9 Å². The summed E-state index contributed by atoms with van der Waals surface area (Å²) >= 11 is 0. The zero-order valence-electron chi connectivity index (χ0n) is 23.4. The van der Waals surface area contributed by atoms with Crippen molar-refractivity contribution in [1.82, 2.24) is 0 Å². The van der Waals surface area contributed by atoms with Crippen molar-refractivity contribution >= 4 is 15.8 Å². The third-order valence-electron chi connectivity index (χ3n) is 3.89. The zero-order valence-corrected chi connectivity index (χ0v) is 29.9. The molecule has 4 nitrogen and oxygen atoms in total. The van der Waals surface area contributed by atoms with E-state index in [-0.39, 0.29) is 57.0 Å². The van der Waals surface area contributed by atoms with Crippen LogP contribution >= 0.6 is 15.8 Å². The van der Waals surface area contributed by atoms with E-state index in [1.807, 2.05) is 0 Å². The van der Waals surface area contributed by atoms with Gasteiger partial charge in [-0.05, 0) is 0 Å². The molecule has 0 aliphatic heterocycles. The van der Waals surface area contributed by atoms with Gasteiger partial charge < -0.3 is 35.3 Å². The average Bonchev–Trinajstić information content (AvgIpc) is 2.74. The first-order chi connectivity index (χ1) is 19.2. The van der Waals surface area contributed by atoms with E-state index < -0.39 is 101 Å². The van der Waals surface area contributed by atoms with Crippen LogP contribution in [0.15, 0.2) is 0 Å². The first kappa shape index (κ1) is 68.3. The van der Waals surface area contributed by atoms with Gasteiger partial charge >= 0.3 is 59.7 Å². The van der Waals surface area contributed by atoms with Crippen LogP contribution < -0.4 is 0 Å². The van der Waals surface area contributed by atoms with E-state index in [2.05, 4.69) is 0 Å². The topological polar surface area (TPSA) is 80.9 Å². The van der Waals surface area contributed by atoms with Gasteiger partial charge in [0.1, 0.15) is 0 Å². The Bertz CT molecular complexity index is 771. The minimum absolute atomic E-state index is 0. The quantitative estimate of drug-likeness (QED) is 0.0983. The molecule has 34 heteroatoms. The minimum atomic E-state index is -6.43. The molecule has 0 saturated heterocycles. The van der Waals surface area contributed by atoms with E-state index in [1.165, 1.54) is 0 Å². The summed E-state index contributed by atoms with van der Waals surface area (Å²) in [5.41, 5.74) is -24.1. The van der Waals surface area contributed by atoms with Gasteiger partial charge in [0.15, 0.2) is 15.8 Å². The monoisotopic (exact) mass is 1220 g/mol. The zero-order chi connectivity index (χ0) is 39.3. The summed E-state index contributed by atoms with van der Waals surface area (Å²) in [5, 5.41) is 29.3. The number of rotatable bonds is 4. The smallest absolute Gasteiger partial charge is 0.361 e. The molecule has 320 valence electrons. The molecule has 0 heterocycles. The van der Waals surface area contributed by atoms with Crippen LogP contribution in [-0.2, 0) is 42.1 Å². The molecule has 0 atom stereocenters. The molecule has 0 spiro atoms. The van der Waals surface area contributed by atoms with Crippen LogP contribution in [0.5, 0.6) is 0 Å². The van der Waals surface area contributed by atoms with Crippen molar-refractivity contribution in [1.29, 1.82) is 0 Å². The predicted octanol–water partition coefficient (Wildman–Crippen LogP) is 8.90. The van der Waals surface area contributed by atoms with Crippen LogP contribution in [0.25, 0.3) is 0 Å². The molecule has 0 aromatic carbocycles. The number of aliphatic hydroxyl groups is 4. The summed E-state index contributed by atoms with van der Waals surface area (Å²) in [5.74, 6) is 0. The van der Waals surface area contributed by atoms with E-state index in [0.29, 0.717) is 0 Å². The summed E-state index contributed by atoms with van der Waals surface area (Å²) in [6.07, 6.45) is -41.9. The predicted molar refractivity (Wildman–Crippen MR) is 114 cm³/mol. The van der Waals surface area contributed by atoms with Gasteiger partial charge in [0.05, 0.1) is 13.3 Å². The van der Waals surface area contributed by atoms with Crippen LogP contribution in [0.3, 0.4) is 0 Å². The molecule has 0 radical (unpaired) electrons. The Balaban J connectivity index is -0.0000000813. The summed E-state index contributed by atoms with van der Waals surface area (Å²) in [6, 6.07) is 0. The normalized spacial score (nSPS) is 13.7. The third-order valence-corrected chi connectivity index (χ3v) is 8.80. The molecule has 0 unspecified atom stereocenters. The molecule has 0 aromatic heterocycles. The maximum absolute atomic E-state index is 12.3. The van der Waals surface area contributed by atoms with Crippen LogP contribution in [0.4, 0.5) is 114 Å². The van der Waals surface area contributed by atoms with Gasteiger partial charge in [0.25, 0.3) is 12.6 Å². The first-order valence-electron chi connectivity index (χ1n) is 9.52. The number of halogens is 26. The van der Waals surface area contributed by atoms with Gasteiger partial charge in [-0.2, -0.15) is 114 Å². The second-order valence-corrected chi connectivity index (χ2v) is 12.4. The minimum Gasteiger partial charge on any atom is -0.361 e. The van der Waals surface area contributed by atoms with Gasteiger partial charge in [0.2, 0.25) is 0 Å². The van der Waals surface area contributed by atoms with Crippen molar-refractivity contribution < 1.29 is 177 Å². The van der Waals surface area contributed by atoms with Gasteiger partial charge in [-0.25, -0.2) is 0 Å². The summed E-state index contributed by atoms with van der Waals surface area (Å²) < 4.78 is 301. The number of hydrogen-bond acceptors (Lipinski definition) is 4. The molecule has 50 heavy (non-hydrogen) atoms. The standard InChI is InChI=1S/2C5H3F10P.2C2H3F3O2.2CH3.2Pt/c2*1-16(4(12,13)2(6,7)8)5(14,15)3(9,10)11;2*3-2(4,5)1(6)7;;;;/h2*1H3;2*1,6-7H;2*1H3;;/q;;;;2*-1;;/p+2. The van der Waals surface area contributed by atoms with E-state index >= 15 is 0 Å². The van der Waals surface area contributed by atoms with Gasteiger partial charge in [-0.1, -0.05) is 0 Å². The van der Waals surface area contributed by atoms with Crippen LogP contribution in [0.2, 0.25) is 0 Å². The number of alkyl halides is 26. The van der Waals surface area contributed by atoms with E-state index in [9.17, 15) is 114 Å². The Morgan fingerprint density at radius 2 is 0.400 bits per heavy atom. The van der Waals surface area contributed by atoms with E-state index in [0.717, 1.165) is 0 Å². The van der Waals surface area contributed by atoms with Crippen LogP contribution in [0, 0.1) is 14.9 Å². The maximum Gasteiger partial charge on any atom is 0.493 e. The Labute approximate surface area is 292 Å². The Morgan fingerprint density at radius 1 is 0.320 bits per heavy atom. The number of hydrogen-bond donors (Lipinski definition) is 4. The van der Waals surface area contributed by atoms with Crippen molar-refractivity contribution in [3.63, 3.8) is 0 Å². The van der Waals surface area contributed by atoms with Crippen molar-refractivity contribution in [2.45, 2.75) is 72.3 Å². The number of aliphatic hydroxyl groups excluding tert-OH is 2. The maximum atomic E-state index is 12.3. The van der Waals surface area contributed by atoms with E-state index in [4.69, 9.17) is 20.4 Å². The van der Waals surface area contributed by atoms with E-state index in [1.54, 1.807) is 0 Å². The Morgan fingerprint density at radius 3 is 0.440 bits per heavy atom. The average molecular weight is 1220 g/mol. The first-order valence-corrected chi connectivity index (χ1v) is 13.5. The van der Waals surface area contributed by atoms with Gasteiger partial charge in [-0.3, -0.25) is 0 Å². The van der Waals surface area contributed by atoms with Crippen molar-refractivity contribution in [2.24, 2.45) is 0 Å². The molecule has 0 saturated carbocycles. The molecular weight excluding hydrogens is 1200 g/mol. The third kappa shape index (κ3) is 20.6. The Hall–Kier alpha value is 0.257. The molecule has 0 aliphatic carbocycles. The second-order valence-electron chi connectivity index (χ2n) is 7.37. The van der Waals surface area contributed by atoms with Crippen molar-refractivity contribution in [3.8, 4) is 0 Å². The summed E-state index contributed by atoms with van der Waals surface area (Å²) in [6.45, 7) is -0.822. The largest absolute Gasteiger partial charge is 0.493 e. The second kappa shape index (κ2) is 22.0. The van der Waals surface area contributed by atoms with Crippen LogP contribution in [-0.4, -0.2) is 106 Å². The molecular formula is C16H20F26O4P2Pt2. The molecule has 0 aromatic rings. The van der Waals surface area contributed by atoms with Crippen molar-refractivity contribution in [2.75, 3.05) is 13.3 Å². The summed E-state index contributed by atoms with van der Waals surface area (Å²) in [4.78, 5) is 0. The molecule has 0 aliphatic rings. The van der Waals surface area contributed by atoms with Gasteiger partial charge in [0, 0.05) is 42.1 Å². The molecule has 0 rings (SSSR count). The molecule has 0 bridgehead atoms.